The van der Waals surface area contributed by atoms with Crippen molar-refractivity contribution >= 4 is 0 Å². The number of hydrogen-bond acceptors (Lipinski definition) is 2. The van der Waals surface area contributed by atoms with E-state index in [1.807, 2.05) is 32.0 Å². The van der Waals surface area contributed by atoms with Gasteiger partial charge in [0.05, 0.1) is 0 Å². The zero-order chi connectivity index (χ0) is 7.84. The van der Waals surface area contributed by atoms with Crippen LogP contribution in [0.1, 0.15) is 12.5 Å². The molecule has 1 aromatic carbocycles. The van der Waals surface area contributed by atoms with E-state index in [9.17, 15) is 0 Å². The summed E-state index contributed by atoms with van der Waals surface area (Å²) >= 11 is 0. The molecule has 1 aromatic rings. The van der Waals surface area contributed by atoms with Crippen LogP contribution in [-0.4, -0.2) is 6.29 Å². The van der Waals surface area contributed by atoms with Crippen molar-refractivity contribution < 1.29 is 9.47 Å². The van der Waals surface area contributed by atoms with Gasteiger partial charge in [0.15, 0.2) is 11.5 Å². The summed E-state index contributed by atoms with van der Waals surface area (Å²) in [5, 5.41) is 0. The first-order valence-corrected chi connectivity index (χ1v) is 3.70. The molecule has 0 bridgehead atoms. The van der Waals surface area contributed by atoms with Gasteiger partial charge in [-0.3, -0.25) is 0 Å². The molecule has 0 aliphatic carbocycles. The molecule has 0 saturated heterocycles. The van der Waals surface area contributed by atoms with Crippen molar-refractivity contribution in [2.24, 2.45) is 0 Å². The maximum atomic E-state index is 5.42. The number of benzene rings is 1. The molecule has 1 aliphatic heterocycles. The number of fused-ring (bicyclic) bond motifs is 1. The number of ether oxygens (including phenoxy) is 2. The lowest BCUT2D eigenvalue weighted by Crippen LogP contribution is -2.11. The monoisotopic (exact) mass is 150 g/mol. The van der Waals surface area contributed by atoms with Gasteiger partial charge < -0.3 is 9.47 Å². The van der Waals surface area contributed by atoms with Gasteiger partial charge in [-0.05, 0) is 18.6 Å². The van der Waals surface area contributed by atoms with Crippen LogP contribution in [0.2, 0.25) is 0 Å². The van der Waals surface area contributed by atoms with Crippen LogP contribution in [0.5, 0.6) is 11.5 Å². The molecule has 1 unspecified atom stereocenters. The SMILES string of the molecule is Cc1cccc2c1OC(C)O2. The van der Waals surface area contributed by atoms with Crippen molar-refractivity contribution in [1.29, 1.82) is 0 Å². The topological polar surface area (TPSA) is 18.5 Å². The van der Waals surface area contributed by atoms with Gasteiger partial charge in [-0.1, -0.05) is 12.1 Å². The summed E-state index contributed by atoms with van der Waals surface area (Å²) in [4.78, 5) is 0. The molecule has 1 atom stereocenters. The van der Waals surface area contributed by atoms with Gasteiger partial charge in [0, 0.05) is 6.92 Å². The van der Waals surface area contributed by atoms with Crippen molar-refractivity contribution in [1.82, 2.24) is 0 Å². The minimum absolute atomic E-state index is 0.133. The number of rotatable bonds is 0. The fourth-order valence-corrected chi connectivity index (χ4v) is 1.24. The highest BCUT2D eigenvalue weighted by Crippen LogP contribution is 2.36. The quantitative estimate of drug-likeness (QED) is 0.564. The van der Waals surface area contributed by atoms with E-state index < -0.39 is 0 Å². The van der Waals surface area contributed by atoms with Crippen molar-refractivity contribution in [3.63, 3.8) is 0 Å². The maximum Gasteiger partial charge on any atom is 0.238 e. The lowest BCUT2D eigenvalue weighted by molar-refractivity contribution is 0.0675. The highest BCUT2D eigenvalue weighted by molar-refractivity contribution is 5.47. The minimum atomic E-state index is -0.133. The third-order valence-electron chi connectivity index (χ3n) is 1.75. The zero-order valence-corrected chi connectivity index (χ0v) is 6.63. The molecule has 58 valence electrons. The first kappa shape index (κ1) is 6.53. The third kappa shape index (κ3) is 0.946. The molecule has 2 rings (SSSR count). The highest BCUT2D eigenvalue weighted by atomic mass is 16.7. The van der Waals surface area contributed by atoms with E-state index in [0.29, 0.717) is 0 Å². The maximum absolute atomic E-state index is 5.42. The van der Waals surface area contributed by atoms with Crippen LogP contribution < -0.4 is 9.47 Å². The third-order valence-corrected chi connectivity index (χ3v) is 1.75. The van der Waals surface area contributed by atoms with E-state index in [-0.39, 0.29) is 6.29 Å². The van der Waals surface area contributed by atoms with Crippen LogP contribution in [0.3, 0.4) is 0 Å². The Morgan fingerprint density at radius 2 is 2.09 bits per heavy atom. The van der Waals surface area contributed by atoms with Gasteiger partial charge in [-0.25, -0.2) is 0 Å². The summed E-state index contributed by atoms with van der Waals surface area (Å²) in [5.41, 5.74) is 1.13. The second-order valence-corrected chi connectivity index (χ2v) is 2.71. The normalized spacial score (nSPS) is 20.4. The number of hydrogen-bond donors (Lipinski definition) is 0. The van der Waals surface area contributed by atoms with Crippen molar-refractivity contribution in [3.05, 3.63) is 23.8 Å². The Kier molecular flexibility index (Phi) is 1.28. The molecule has 1 heterocycles. The van der Waals surface area contributed by atoms with Gasteiger partial charge in [0.1, 0.15) is 0 Å². The van der Waals surface area contributed by atoms with E-state index in [2.05, 4.69) is 0 Å². The molecule has 0 aromatic heterocycles. The largest absolute Gasteiger partial charge is 0.451 e. The summed E-state index contributed by atoms with van der Waals surface area (Å²) in [6.45, 7) is 3.90. The summed E-state index contributed by atoms with van der Waals surface area (Å²) < 4.78 is 10.8. The molecule has 1 aliphatic rings. The summed E-state index contributed by atoms with van der Waals surface area (Å²) in [6.07, 6.45) is -0.133. The summed E-state index contributed by atoms with van der Waals surface area (Å²) in [5.74, 6) is 1.75. The Morgan fingerprint density at radius 1 is 1.27 bits per heavy atom. The Morgan fingerprint density at radius 3 is 2.82 bits per heavy atom. The van der Waals surface area contributed by atoms with Crippen LogP contribution in [0, 0.1) is 6.92 Å². The molecular formula is C9H10O2. The zero-order valence-electron chi connectivity index (χ0n) is 6.63. The standard InChI is InChI=1S/C9H10O2/c1-6-4-3-5-8-9(6)11-7(2)10-8/h3-5,7H,1-2H3. The molecule has 11 heavy (non-hydrogen) atoms. The first-order chi connectivity index (χ1) is 5.27. The number of para-hydroxylation sites is 1. The Bertz CT molecular complexity index is 281. The number of aryl methyl sites for hydroxylation is 1. The fourth-order valence-electron chi connectivity index (χ4n) is 1.24. The minimum Gasteiger partial charge on any atom is -0.451 e. The van der Waals surface area contributed by atoms with E-state index >= 15 is 0 Å². The van der Waals surface area contributed by atoms with Gasteiger partial charge in [0.25, 0.3) is 0 Å². The highest BCUT2D eigenvalue weighted by Gasteiger charge is 2.20. The molecule has 0 saturated carbocycles. The summed E-state index contributed by atoms with van der Waals surface area (Å²) in [7, 11) is 0. The first-order valence-electron chi connectivity index (χ1n) is 3.70. The van der Waals surface area contributed by atoms with Crippen LogP contribution >= 0.6 is 0 Å². The molecule has 0 radical (unpaired) electrons. The Balaban J connectivity index is 2.49. The summed E-state index contributed by atoms with van der Waals surface area (Å²) in [6, 6.07) is 5.90. The average molecular weight is 150 g/mol. The second-order valence-electron chi connectivity index (χ2n) is 2.71. The van der Waals surface area contributed by atoms with Crippen molar-refractivity contribution in [3.8, 4) is 11.5 Å². The second kappa shape index (κ2) is 2.16. The lowest BCUT2D eigenvalue weighted by atomic mass is 10.2. The van der Waals surface area contributed by atoms with Crippen LogP contribution in [0.15, 0.2) is 18.2 Å². The van der Waals surface area contributed by atoms with E-state index in [4.69, 9.17) is 9.47 Å². The van der Waals surface area contributed by atoms with Crippen LogP contribution in [-0.2, 0) is 0 Å². The van der Waals surface area contributed by atoms with Crippen LogP contribution in [0.4, 0.5) is 0 Å². The molecule has 0 fully saturated rings. The van der Waals surface area contributed by atoms with Gasteiger partial charge in [-0.2, -0.15) is 0 Å². The smallest absolute Gasteiger partial charge is 0.238 e. The van der Waals surface area contributed by atoms with Gasteiger partial charge >= 0.3 is 0 Å². The predicted molar refractivity (Wildman–Crippen MR) is 41.9 cm³/mol. The van der Waals surface area contributed by atoms with Crippen molar-refractivity contribution in [2.45, 2.75) is 20.1 Å². The molecule has 2 heteroatoms. The molecule has 0 spiro atoms. The molecular weight excluding hydrogens is 140 g/mol. The van der Waals surface area contributed by atoms with E-state index in [0.717, 1.165) is 17.1 Å². The van der Waals surface area contributed by atoms with Gasteiger partial charge in [0.2, 0.25) is 6.29 Å². The lowest BCUT2D eigenvalue weighted by Gasteiger charge is -2.00. The van der Waals surface area contributed by atoms with E-state index in [1.165, 1.54) is 0 Å². The fraction of sp³-hybridized carbons (Fsp3) is 0.333. The Labute approximate surface area is 65.7 Å². The molecule has 0 N–H and O–H groups in total. The van der Waals surface area contributed by atoms with E-state index in [1.54, 1.807) is 0 Å². The average Bonchev–Trinajstić information content (AvgIpc) is 2.31. The Hall–Kier alpha value is -1.18. The molecule has 0 amide bonds. The van der Waals surface area contributed by atoms with Crippen LogP contribution in [0.25, 0.3) is 0 Å². The van der Waals surface area contributed by atoms with Crippen molar-refractivity contribution in [2.75, 3.05) is 0 Å². The predicted octanol–water partition coefficient (Wildman–Crippen LogP) is 2.11. The van der Waals surface area contributed by atoms with Gasteiger partial charge in [-0.15, -0.1) is 0 Å². The molecule has 2 nitrogen and oxygen atoms in total.